The van der Waals surface area contributed by atoms with Crippen LogP contribution in [-0.4, -0.2) is 7.42 Å². The molecular formula is C16H12BrSi. The molecule has 3 aromatic carbocycles. The fourth-order valence-electron chi connectivity index (χ4n) is 2.16. The highest BCUT2D eigenvalue weighted by Gasteiger charge is 2.15. The standard InChI is InChI=1S/C16H12BrSi/c17-18(14-9-2-1-3-10-14)16-12-6-8-13-7-4-5-11-15(13)16/h1-12H. The molecule has 0 nitrogen and oxygen atoms in total. The monoisotopic (exact) mass is 311 g/mol. The van der Waals surface area contributed by atoms with Gasteiger partial charge >= 0.3 is 0 Å². The summed E-state index contributed by atoms with van der Waals surface area (Å²) in [6.45, 7) is 0. The maximum absolute atomic E-state index is 3.92. The lowest BCUT2D eigenvalue weighted by atomic mass is 10.1. The van der Waals surface area contributed by atoms with E-state index in [-0.39, 0.29) is 0 Å². The minimum atomic E-state index is -0.857. The number of halogens is 1. The molecule has 0 aliphatic carbocycles. The van der Waals surface area contributed by atoms with Crippen LogP contribution in [0, 0.1) is 0 Å². The van der Waals surface area contributed by atoms with Gasteiger partial charge in [0.25, 0.3) is 0 Å². The van der Waals surface area contributed by atoms with Crippen molar-refractivity contribution < 1.29 is 0 Å². The summed E-state index contributed by atoms with van der Waals surface area (Å²) in [4.78, 5) is 0. The maximum atomic E-state index is 3.92. The molecule has 0 N–H and O–H groups in total. The van der Waals surface area contributed by atoms with E-state index in [0.29, 0.717) is 0 Å². The molecule has 0 saturated heterocycles. The normalized spacial score (nSPS) is 11.0. The molecule has 0 unspecified atom stereocenters. The van der Waals surface area contributed by atoms with Gasteiger partial charge in [0, 0.05) is 0 Å². The van der Waals surface area contributed by atoms with Crippen LogP contribution in [0.25, 0.3) is 10.8 Å². The number of rotatable bonds is 2. The van der Waals surface area contributed by atoms with Gasteiger partial charge in [0.1, 0.15) is 0 Å². The van der Waals surface area contributed by atoms with Crippen LogP contribution < -0.4 is 10.4 Å². The Hall–Kier alpha value is -1.38. The van der Waals surface area contributed by atoms with E-state index in [9.17, 15) is 0 Å². The topological polar surface area (TPSA) is 0 Å². The molecule has 3 rings (SSSR count). The lowest BCUT2D eigenvalue weighted by Gasteiger charge is -2.11. The largest absolute Gasteiger partial charge is 0.204 e. The number of fused-ring (bicyclic) bond motifs is 1. The van der Waals surface area contributed by atoms with Crippen LogP contribution in [-0.2, 0) is 0 Å². The highest BCUT2D eigenvalue weighted by atomic mass is 79.9. The van der Waals surface area contributed by atoms with E-state index in [1.807, 2.05) is 0 Å². The first-order chi connectivity index (χ1) is 8.86. The molecule has 0 spiro atoms. The number of hydrogen-bond donors (Lipinski definition) is 0. The van der Waals surface area contributed by atoms with E-state index in [1.165, 1.54) is 21.1 Å². The number of hydrogen-bond acceptors (Lipinski definition) is 0. The van der Waals surface area contributed by atoms with Gasteiger partial charge in [0.15, 0.2) is 0 Å². The Morgan fingerprint density at radius 1 is 0.667 bits per heavy atom. The molecule has 18 heavy (non-hydrogen) atoms. The van der Waals surface area contributed by atoms with Crippen molar-refractivity contribution in [2.24, 2.45) is 0 Å². The Bertz CT molecular complexity index is 659. The van der Waals surface area contributed by atoms with Crippen LogP contribution in [0.4, 0.5) is 0 Å². The van der Waals surface area contributed by atoms with Crippen molar-refractivity contribution in [2.45, 2.75) is 0 Å². The second kappa shape index (κ2) is 5.08. The van der Waals surface area contributed by atoms with Crippen LogP contribution in [0.1, 0.15) is 0 Å². The van der Waals surface area contributed by atoms with Crippen molar-refractivity contribution >= 4 is 43.9 Å². The zero-order valence-electron chi connectivity index (χ0n) is 9.81. The van der Waals surface area contributed by atoms with Crippen molar-refractivity contribution in [1.82, 2.24) is 0 Å². The Kier molecular flexibility index (Phi) is 3.30. The van der Waals surface area contributed by atoms with Crippen LogP contribution in [0.3, 0.4) is 0 Å². The summed E-state index contributed by atoms with van der Waals surface area (Å²) >= 11 is 3.92. The average molecular weight is 312 g/mol. The average Bonchev–Trinajstić information content (AvgIpc) is 2.47. The Morgan fingerprint density at radius 2 is 1.33 bits per heavy atom. The molecule has 0 saturated carbocycles. The third-order valence-corrected chi connectivity index (χ3v) is 7.46. The molecule has 0 aliphatic rings. The summed E-state index contributed by atoms with van der Waals surface area (Å²) in [6, 6.07) is 25.8. The lowest BCUT2D eigenvalue weighted by Crippen LogP contribution is -2.36. The zero-order valence-corrected chi connectivity index (χ0v) is 12.4. The highest BCUT2D eigenvalue weighted by Crippen LogP contribution is 2.13. The molecule has 0 atom stereocenters. The molecule has 3 aromatic rings. The summed E-state index contributed by atoms with van der Waals surface area (Å²) in [7, 11) is -0.857. The third kappa shape index (κ3) is 2.14. The van der Waals surface area contributed by atoms with Gasteiger partial charge in [0.2, 0.25) is 7.42 Å². The first-order valence-electron chi connectivity index (χ1n) is 5.92. The minimum Gasteiger partial charge on any atom is -0.116 e. The quantitative estimate of drug-likeness (QED) is 0.503. The van der Waals surface area contributed by atoms with E-state index < -0.39 is 7.42 Å². The summed E-state index contributed by atoms with van der Waals surface area (Å²) in [6.07, 6.45) is 0. The highest BCUT2D eigenvalue weighted by molar-refractivity contribution is 9.25. The fourth-order valence-corrected chi connectivity index (χ4v) is 5.49. The Balaban J connectivity index is 2.15. The van der Waals surface area contributed by atoms with Gasteiger partial charge in [-0.15, -0.1) is 15.3 Å². The fraction of sp³-hybridized carbons (Fsp3) is 0. The van der Waals surface area contributed by atoms with Crippen LogP contribution >= 0.6 is 15.3 Å². The molecule has 0 bridgehead atoms. The molecule has 0 amide bonds. The molecule has 87 valence electrons. The first kappa shape index (κ1) is 11.7. The van der Waals surface area contributed by atoms with Gasteiger partial charge < -0.3 is 0 Å². The molecule has 2 heteroatoms. The predicted molar refractivity (Wildman–Crippen MR) is 84.3 cm³/mol. The molecule has 0 aliphatic heterocycles. The van der Waals surface area contributed by atoms with E-state index >= 15 is 0 Å². The summed E-state index contributed by atoms with van der Waals surface area (Å²) in [5, 5.41) is 5.48. The molecule has 0 aromatic heterocycles. The first-order valence-corrected chi connectivity index (χ1v) is 9.68. The van der Waals surface area contributed by atoms with Gasteiger partial charge in [-0.05, 0) is 21.1 Å². The Morgan fingerprint density at radius 3 is 2.17 bits per heavy atom. The smallest absolute Gasteiger partial charge is 0.116 e. The van der Waals surface area contributed by atoms with Crippen molar-refractivity contribution in [2.75, 3.05) is 0 Å². The zero-order chi connectivity index (χ0) is 12.4. The second-order valence-corrected chi connectivity index (χ2v) is 8.33. The number of benzene rings is 3. The lowest BCUT2D eigenvalue weighted by molar-refractivity contribution is 1.76. The molecule has 0 fully saturated rings. The predicted octanol–water partition coefficient (Wildman–Crippen LogP) is 3.34. The van der Waals surface area contributed by atoms with E-state index in [2.05, 4.69) is 88.1 Å². The molecular weight excluding hydrogens is 300 g/mol. The van der Waals surface area contributed by atoms with Gasteiger partial charge in [-0.2, -0.15) is 0 Å². The summed E-state index contributed by atoms with van der Waals surface area (Å²) in [5.41, 5.74) is 0. The minimum absolute atomic E-state index is 0.857. The van der Waals surface area contributed by atoms with Gasteiger partial charge in [-0.1, -0.05) is 72.8 Å². The van der Waals surface area contributed by atoms with Crippen molar-refractivity contribution in [3.8, 4) is 0 Å². The molecule has 0 heterocycles. The second-order valence-electron chi connectivity index (χ2n) is 4.21. The van der Waals surface area contributed by atoms with Gasteiger partial charge in [-0.3, -0.25) is 0 Å². The summed E-state index contributed by atoms with van der Waals surface area (Å²) in [5.74, 6) is 0. The van der Waals surface area contributed by atoms with E-state index in [4.69, 9.17) is 0 Å². The van der Waals surface area contributed by atoms with Crippen molar-refractivity contribution in [3.05, 3.63) is 72.8 Å². The van der Waals surface area contributed by atoms with E-state index in [0.717, 1.165) is 0 Å². The van der Waals surface area contributed by atoms with Crippen LogP contribution in [0.2, 0.25) is 0 Å². The molecule has 1 radical (unpaired) electrons. The van der Waals surface area contributed by atoms with Crippen LogP contribution in [0.15, 0.2) is 72.8 Å². The van der Waals surface area contributed by atoms with Crippen LogP contribution in [0.5, 0.6) is 0 Å². The SMILES string of the molecule is Br[Si](c1ccccc1)c1cccc2ccccc12. The van der Waals surface area contributed by atoms with Gasteiger partial charge in [-0.25, -0.2) is 0 Å². The Labute approximate surface area is 116 Å². The third-order valence-electron chi connectivity index (χ3n) is 3.05. The van der Waals surface area contributed by atoms with Crippen molar-refractivity contribution in [3.63, 3.8) is 0 Å². The van der Waals surface area contributed by atoms with Gasteiger partial charge in [0.05, 0.1) is 0 Å². The van der Waals surface area contributed by atoms with Crippen molar-refractivity contribution in [1.29, 1.82) is 0 Å². The van der Waals surface area contributed by atoms with E-state index in [1.54, 1.807) is 0 Å². The summed E-state index contributed by atoms with van der Waals surface area (Å²) < 4.78 is 0. The maximum Gasteiger partial charge on any atom is 0.204 e.